The molecule has 0 atom stereocenters. The number of amides is 1. The molecule has 1 amide bonds. The monoisotopic (exact) mass is 371 g/mol. The maximum Gasteiger partial charge on any atom is 0.267 e. The van der Waals surface area contributed by atoms with Crippen molar-refractivity contribution in [1.29, 1.82) is 0 Å². The lowest BCUT2D eigenvalue weighted by atomic mass is 10.1. The van der Waals surface area contributed by atoms with Crippen LogP contribution in [0.15, 0.2) is 24.3 Å². The highest BCUT2D eigenvalue weighted by molar-refractivity contribution is 7.21. The average molecular weight is 372 g/mol. The fourth-order valence-corrected chi connectivity index (χ4v) is 5.54. The van der Waals surface area contributed by atoms with Crippen LogP contribution in [0.25, 0.3) is 10.1 Å². The van der Waals surface area contributed by atoms with Crippen LogP contribution >= 0.6 is 22.7 Å². The number of anilines is 1. The third-order valence-electron chi connectivity index (χ3n) is 4.55. The van der Waals surface area contributed by atoms with Gasteiger partial charge >= 0.3 is 0 Å². The van der Waals surface area contributed by atoms with Gasteiger partial charge in [0.1, 0.15) is 0 Å². The predicted molar refractivity (Wildman–Crippen MR) is 106 cm³/mol. The number of nitrogens with zero attached hydrogens (tertiary/aromatic N) is 2. The van der Waals surface area contributed by atoms with E-state index < -0.39 is 0 Å². The molecular formula is C19H21N3OS2. The number of carbonyl (C=O) groups excluding carboxylic acids is 1. The van der Waals surface area contributed by atoms with Gasteiger partial charge in [-0.3, -0.25) is 10.1 Å². The first-order valence-corrected chi connectivity index (χ1v) is 10.3. The van der Waals surface area contributed by atoms with Crippen LogP contribution in [0.3, 0.4) is 0 Å². The Morgan fingerprint density at radius 2 is 2.16 bits per heavy atom. The van der Waals surface area contributed by atoms with E-state index in [1.54, 1.807) is 22.7 Å². The Hall–Kier alpha value is -1.76. The summed E-state index contributed by atoms with van der Waals surface area (Å²) >= 11 is 3.19. The van der Waals surface area contributed by atoms with E-state index in [-0.39, 0.29) is 5.91 Å². The van der Waals surface area contributed by atoms with Gasteiger partial charge in [0.05, 0.1) is 10.6 Å². The van der Waals surface area contributed by atoms with Gasteiger partial charge < -0.3 is 4.90 Å². The molecule has 1 N–H and O–H groups in total. The Balaban J connectivity index is 1.63. The molecule has 1 aromatic carbocycles. The summed E-state index contributed by atoms with van der Waals surface area (Å²) in [6.45, 7) is 4.10. The third-order valence-corrected chi connectivity index (χ3v) is 6.76. The van der Waals surface area contributed by atoms with E-state index in [2.05, 4.69) is 41.3 Å². The topological polar surface area (TPSA) is 45.2 Å². The van der Waals surface area contributed by atoms with Gasteiger partial charge in [-0.05, 0) is 30.5 Å². The molecule has 2 aromatic heterocycles. The summed E-state index contributed by atoms with van der Waals surface area (Å²) < 4.78 is 1.18. The van der Waals surface area contributed by atoms with Gasteiger partial charge in [0, 0.05) is 29.1 Å². The Morgan fingerprint density at radius 3 is 3.00 bits per heavy atom. The van der Waals surface area contributed by atoms with Crippen LogP contribution in [0.2, 0.25) is 0 Å². The molecule has 25 heavy (non-hydrogen) atoms. The lowest BCUT2D eigenvalue weighted by molar-refractivity contribution is 0.103. The van der Waals surface area contributed by atoms with E-state index in [0.717, 1.165) is 48.1 Å². The molecule has 0 aliphatic carbocycles. The number of nitrogens with one attached hydrogen (secondary N) is 1. The number of likely N-dealkylation sites (N-methyl/N-ethyl adjacent to an activating group) is 1. The number of benzene rings is 1. The molecule has 0 bridgehead atoms. The number of aryl methyl sites for hydroxylation is 1. The van der Waals surface area contributed by atoms with Gasteiger partial charge in [-0.15, -0.1) is 22.7 Å². The van der Waals surface area contributed by atoms with Crippen molar-refractivity contribution in [2.45, 2.75) is 32.7 Å². The second-order valence-electron chi connectivity index (χ2n) is 6.49. The fraction of sp³-hybridized carbons (Fsp3) is 0.368. The van der Waals surface area contributed by atoms with Crippen LogP contribution in [0.1, 0.15) is 39.2 Å². The van der Waals surface area contributed by atoms with Crippen LogP contribution in [0.4, 0.5) is 5.13 Å². The summed E-state index contributed by atoms with van der Waals surface area (Å²) in [5.74, 6) is -0.0240. The molecule has 3 aromatic rings. The molecule has 130 valence electrons. The third kappa shape index (κ3) is 3.21. The highest BCUT2D eigenvalue weighted by Gasteiger charge is 2.22. The van der Waals surface area contributed by atoms with Crippen molar-refractivity contribution in [3.05, 3.63) is 45.3 Å². The van der Waals surface area contributed by atoms with Crippen molar-refractivity contribution in [3.8, 4) is 0 Å². The summed E-state index contributed by atoms with van der Waals surface area (Å²) in [7, 11) is 2.12. The number of thiazole rings is 1. The van der Waals surface area contributed by atoms with Gasteiger partial charge in [0.2, 0.25) is 0 Å². The molecule has 4 rings (SSSR count). The molecule has 0 saturated carbocycles. The Morgan fingerprint density at radius 1 is 1.32 bits per heavy atom. The maximum absolute atomic E-state index is 12.9. The molecule has 3 heterocycles. The van der Waals surface area contributed by atoms with E-state index >= 15 is 0 Å². The summed E-state index contributed by atoms with van der Waals surface area (Å²) in [5, 5.41) is 4.99. The normalized spacial score (nSPS) is 14.6. The largest absolute Gasteiger partial charge is 0.301 e. The number of rotatable bonds is 4. The molecule has 0 saturated heterocycles. The second-order valence-corrected chi connectivity index (χ2v) is 8.62. The minimum Gasteiger partial charge on any atom is -0.301 e. The van der Waals surface area contributed by atoms with E-state index in [0.29, 0.717) is 0 Å². The van der Waals surface area contributed by atoms with Crippen molar-refractivity contribution in [2.75, 3.05) is 18.9 Å². The fourth-order valence-electron chi connectivity index (χ4n) is 3.31. The van der Waals surface area contributed by atoms with Crippen LogP contribution in [-0.4, -0.2) is 29.4 Å². The number of hydrogen-bond donors (Lipinski definition) is 1. The molecule has 0 radical (unpaired) electrons. The van der Waals surface area contributed by atoms with Crippen LogP contribution in [0.5, 0.6) is 0 Å². The van der Waals surface area contributed by atoms with Gasteiger partial charge in [0.15, 0.2) is 5.13 Å². The van der Waals surface area contributed by atoms with Crippen LogP contribution in [0, 0.1) is 0 Å². The van der Waals surface area contributed by atoms with E-state index in [9.17, 15) is 4.79 Å². The van der Waals surface area contributed by atoms with Gasteiger partial charge in [0.25, 0.3) is 5.91 Å². The van der Waals surface area contributed by atoms with E-state index in [1.165, 1.54) is 20.5 Å². The van der Waals surface area contributed by atoms with Crippen LogP contribution < -0.4 is 5.32 Å². The number of hydrogen-bond acceptors (Lipinski definition) is 5. The van der Waals surface area contributed by atoms with Crippen molar-refractivity contribution >= 4 is 43.8 Å². The molecule has 0 spiro atoms. The maximum atomic E-state index is 12.9. The Kier molecular flexibility index (Phi) is 4.58. The zero-order valence-electron chi connectivity index (χ0n) is 14.5. The van der Waals surface area contributed by atoms with Crippen molar-refractivity contribution in [2.24, 2.45) is 0 Å². The first kappa shape index (κ1) is 16.7. The second kappa shape index (κ2) is 6.86. The number of carbonyl (C=O) groups is 1. The SMILES string of the molecule is CCCc1c(C(=O)Nc2nc3c(s2)CN(C)CC3)sc2ccccc12. The minimum atomic E-state index is -0.0240. The highest BCUT2D eigenvalue weighted by Crippen LogP contribution is 2.34. The molecule has 4 nitrogen and oxygen atoms in total. The first-order chi connectivity index (χ1) is 12.2. The highest BCUT2D eigenvalue weighted by atomic mass is 32.1. The molecule has 6 heteroatoms. The van der Waals surface area contributed by atoms with Gasteiger partial charge in [-0.2, -0.15) is 0 Å². The molecule has 1 aliphatic heterocycles. The lowest BCUT2D eigenvalue weighted by Gasteiger charge is -2.20. The standard InChI is InChI=1S/C19H21N3OS2/c1-3-6-13-12-7-4-5-8-15(12)24-17(13)18(23)21-19-20-14-9-10-22(2)11-16(14)25-19/h4-5,7-8H,3,6,9-11H2,1-2H3,(H,20,21,23). The Bertz CT molecular complexity index is 928. The zero-order chi connectivity index (χ0) is 17.4. The molecule has 0 unspecified atom stereocenters. The average Bonchev–Trinajstić information content (AvgIpc) is 3.16. The number of thiophene rings is 1. The van der Waals surface area contributed by atoms with Gasteiger partial charge in [-0.1, -0.05) is 31.5 Å². The van der Waals surface area contributed by atoms with E-state index in [1.807, 2.05) is 12.1 Å². The van der Waals surface area contributed by atoms with Gasteiger partial charge in [-0.25, -0.2) is 4.98 Å². The van der Waals surface area contributed by atoms with Crippen molar-refractivity contribution in [3.63, 3.8) is 0 Å². The summed E-state index contributed by atoms with van der Waals surface area (Å²) in [5.41, 5.74) is 2.31. The molecule has 1 aliphatic rings. The predicted octanol–water partition coefficient (Wildman–Crippen LogP) is 4.55. The molecule has 0 fully saturated rings. The van der Waals surface area contributed by atoms with E-state index in [4.69, 9.17) is 0 Å². The summed E-state index contributed by atoms with van der Waals surface area (Å²) in [4.78, 5) is 21.9. The molecular weight excluding hydrogens is 350 g/mol. The summed E-state index contributed by atoms with van der Waals surface area (Å²) in [6, 6.07) is 8.28. The number of fused-ring (bicyclic) bond motifs is 2. The van der Waals surface area contributed by atoms with Crippen molar-refractivity contribution < 1.29 is 4.79 Å². The minimum absolute atomic E-state index is 0.0240. The smallest absolute Gasteiger partial charge is 0.267 e. The van der Waals surface area contributed by atoms with Crippen molar-refractivity contribution in [1.82, 2.24) is 9.88 Å². The number of aromatic nitrogens is 1. The summed E-state index contributed by atoms with van der Waals surface area (Å²) in [6.07, 6.45) is 2.91. The quantitative estimate of drug-likeness (QED) is 0.732. The lowest BCUT2D eigenvalue weighted by Crippen LogP contribution is -2.25. The Labute approximate surface area is 155 Å². The zero-order valence-corrected chi connectivity index (χ0v) is 16.1. The first-order valence-electron chi connectivity index (χ1n) is 8.64. The van der Waals surface area contributed by atoms with Crippen LogP contribution in [-0.2, 0) is 19.4 Å².